The first kappa shape index (κ1) is 22.9. The van der Waals surface area contributed by atoms with Gasteiger partial charge in [-0.15, -0.1) is 0 Å². The molecule has 0 amide bonds. The molecule has 5 nitrogen and oxygen atoms in total. The van der Waals surface area contributed by atoms with E-state index in [9.17, 15) is 13.2 Å². The predicted octanol–water partition coefficient (Wildman–Crippen LogP) is 7.55. The van der Waals surface area contributed by atoms with E-state index < -0.39 is 11.9 Å². The topological polar surface area (TPSA) is 56.7 Å². The maximum atomic E-state index is 13.8. The number of hydrogen-bond acceptors (Lipinski definition) is 4. The lowest BCUT2D eigenvalue weighted by molar-refractivity contribution is -0.141. The molecule has 0 saturated carbocycles. The van der Waals surface area contributed by atoms with E-state index in [1.165, 1.54) is 17.0 Å². The minimum Gasteiger partial charge on any atom is -0.463 e. The molecule has 0 aliphatic rings. The van der Waals surface area contributed by atoms with E-state index in [1.807, 2.05) is 62.4 Å². The van der Waals surface area contributed by atoms with Crippen LogP contribution in [0.4, 0.5) is 13.2 Å². The molecule has 0 atom stereocenters. The zero-order valence-corrected chi connectivity index (χ0v) is 19.4. The van der Waals surface area contributed by atoms with Gasteiger partial charge in [-0.1, -0.05) is 59.1 Å². The van der Waals surface area contributed by atoms with Crippen molar-refractivity contribution in [1.82, 2.24) is 19.7 Å². The molecule has 0 radical (unpaired) electrons. The summed E-state index contributed by atoms with van der Waals surface area (Å²) in [4.78, 5) is 8.19. The second-order valence-corrected chi connectivity index (χ2v) is 8.45. The highest BCUT2D eigenvalue weighted by molar-refractivity contribution is 6.35. The van der Waals surface area contributed by atoms with Gasteiger partial charge >= 0.3 is 6.18 Å². The number of aryl methyl sites for hydroxylation is 2. The van der Waals surface area contributed by atoms with Crippen LogP contribution in [0.25, 0.3) is 39.9 Å². The zero-order chi connectivity index (χ0) is 24.7. The summed E-state index contributed by atoms with van der Waals surface area (Å²) >= 11 is 6.84. The number of nitrogens with zero attached hydrogens (tertiary/aromatic N) is 4. The third kappa shape index (κ3) is 4.44. The van der Waals surface area contributed by atoms with E-state index in [2.05, 4.69) is 15.1 Å². The summed E-state index contributed by atoms with van der Waals surface area (Å²) < 4.78 is 48.0. The van der Waals surface area contributed by atoms with Crippen molar-refractivity contribution in [3.63, 3.8) is 0 Å². The predicted molar refractivity (Wildman–Crippen MR) is 127 cm³/mol. The minimum atomic E-state index is -4.71. The first-order chi connectivity index (χ1) is 16.7. The van der Waals surface area contributed by atoms with Crippen LogP contribution in [0.1, 0.15) is 16.8 Å². The quantitative estimate of drug-likeness (QED) is 0.259. The smallest absolute Gasteiger partial charge is 0.433 e. The molecule has 3 aromatic heterocycles. The second-order valence-electron chi connectivity index (χ2n) is 8.08. The number of benzene rings is 2. The van der Waals surface area contributed by atoms with Crippen molar-refractivity contribution < 1.29 is 17.6 Å². The van der Waals surface area contributed by atoms with Crippen molar-refractivity contribution in [3.05, 3.63) is 94.8 Å². The first-order valence-corrected chi connectivity index (χ1v) is 11.0. The Morgan fingerprint density at radius 2 is 1.54 bits per heavy atom. The molecule has 3 heterocycles. The minimum absolute atomic E-state index is 0.0220. The van der Waals surface area contributed by atoms with Gasteiger partial charge in [0.25, 0.3) is 5.95 Å². The molecule has 176 valence electrons. The molecule has 2 aromatic carbocycles. The summed E-state index contributed by atoms with van der Waals surface area (Å²) in [5.41, 5.74) is 2.98. The Hall–Kier alpha value is -3.91. The fraction of sp³-hybridized carbons (Fsp3) is 0.115. The van der Waals surface area contributed by atoms with Crippen molar-refractivity contribution in [2.75, 3.05) is 0 Å². The van der Waals surface area contributed by atoms with Gasteiger partial charge in [-0.05, 0) is 44.2 Å². The zero-order valence-electron chi connectivity index (χ0n) is 18.6. The summed E-state index contributed by atoms with van der Waals surface area (Å²) in [6, 6.07) is 18.9. The molecule has 0 bridgehead atoms. The van der Waals surface area contributed by atoms with Crippen LogP contribution < -0.4 is 0 Å². The van der Waals surface area contributed by atoms with E-state index in [0.717, 1.165) is 22.8 Å². The van der Waals surface area contributed by atoms with Gasteiger partial charge in [0.15, 0.2) is 11.5 Å². The molecule has 0 unspecified atom stereocenters. The lowest BCUT2D eigenvalue weighted by Crippen LogP contribution is -2.14. The number of hydrogen-bond donors (Lipinski definition) is 0. The van der Waals surface area contributed by atoms with Crippen LogP contribution in [-0.4, -0.2) is 19.7 Å². The van der Waals surface area contributed by atoms with Crippen LogP contribution in [0, 0.1) is 13.8 Å². The van der Waals surface area contributed by atoms with Gasteiger partial charge in [0, 0.05) is 11.1 Å². The first-order valence-electron chi connectivity index (χ1n) is 10.6. The van der Waals surface area contributed by atoms with Crippen molar-refractivity contribution in [3.8, 4) is 39.9 Å². The van der Waals surface area contributed by atoms with Crippen LogP contribution in [0.3, 0.4) is 0 Å². The molecular formula is C26H18ClF3N4O. The number of rotatable bonds is 4. The highest BCUT2D eigenvalue weighted by Gasteiger charge is 2.35. The fourth-order valence-electron chi connectivity index (χ4n) is 3.79. The standard InChI is InChI=1S/C26H18ClF3N4O/c1-15-6-3-8-17(12-15)23-22(27)24(18-9-4-7-16(2)13-18)34(33-23)25-31-19(20-10-5-11-35-20)14-21(32-25)26(28,29)30/h3-14H,1-2H3. The summed E-state index contributed by atoms with van der Waals surface area (Å²) in [7, 11) is 0. The van der Waals surface area contributed by atoms with E-state index in [4.69, 9.17) is 16.0 Å². The van der Waals surface area contributed by atoms with Crippen molar-refractivity contribution in [1.29, 1.82) is 0 Å². The van der Waals surface area contributed by atoms with E-state index in [0.29, 0.717) is 17.0 Å². The molecule has 9 heteroatoms. The average molecular weight is 495 g/mol. The Balaban J connectivity index is 1.81. The van der Waals surface area contributed by atoms with Crippen molar-refractivity contribution >= 4 is 11.6 Å². The Bertz CT molecular complexity index is 1520. The Kier molecular flexibility index (Phi) is 5.68. The summed E-state index contributed by atoms with van der Waals surface area (Å²) in [6.07, 6.45) is -3.35. The molecule has 5 rings (SSSR count). The molecule has 0 spiro atoms. The monoisotopic (exact) mass is 494 g/mol. The molecule has 0 saturated heterocycles. The number of furan rings is 1. The fourth-order valence-corrected chi connectivity index (χ4v) is 4.12. The Morgan fingerprint density at radius 3 is 2.17 bits per heavy atom. The van der Waals surface area contributed by atoms with E-state index in [1.54, 1.807) is 6.07 Å². The molecule has 0 aliphatic heterocycles. The van der Waals surface area contributed by atoms with Gasteiger partial charge in [0.05, 0.1) is 17.0 Å². The molecule has 5 aromatic rings. The van der Waals surface area contributed by atoms with Crippen LogP contribution in [0.15, 0.2) is 77.4 Å². The van der Waals surface area contributed by atoms with Crippen LogP contribution in [0.2, 0.25) is 5.02 Å². The second kappa shape index (κ2) is 8.70. The van der Waals surface area contributed by atoms with Crippen LogP contribution in [-0.2, 0) is 6.18 Å². The van der Waals surface area contributed by atoms with Gasteiger partial charge in [0.1, 0.15) is 11.4 Å². The van der Waals surface area contributed by atoms with Crippen molar-refractivity contribution in [2.45, 2.75) is 20.0 Å². The number of aromatic nitrogens is 4. The third-order valence-electron chi connectivity index (χ3n) is 5.38. The van der Waals surface area contributed by atoms with Gasteiger partial charge < -0.3 is 4.42 Å². The van der Waals surface area contributed by atoms with Gasteiger partial charge in [-0.25, -0.2) is 9.97 Å². The number of halogens is 4. The van der Waals surface area contributed by atoms with Crippen LogP contribution in [0.5, 0.6) is 0 Å². The van der Waals surface area contributed by atoms with Gasteiger partial charge in [-0.3, -0.25) is 0 Å². The highest BCUT2D eigenvalue weighted by Crippen LogP contribution is 2.39. The lowest BCUT2D eigenvalue weighted by Gasteiger charge is -2.12. The maximum Gasteiger partial charge on any atom is 0.433 e. The lowest BCUT2D eigenvalue weighted by atomic mass is 10.1. The highest BCUT2D eigenvalue weighted by atomic mass is 35.5. The summed E-state index contributed by atoms with van der Waals surface area (Å²) in [5, 5.41) is 4.88. The molecule has 0 aliphatic carbocycles. The van der Waals surface area contributed by atoms with Gasteiger partial charge in [0.2, 0.25) is 0 Å². The number of alkyl halides is 3. The largest absolute Gasteiger partial charge is 0.463 e. The normalized spacial score (nSPS) is 11.7. The summed E-state index contributed by atoms with van der Waals surface area (Å²) in [5.74, 6) is -0.100. The molecular weight excluding hydrogens is 477 g/mol. The van der Waals surface area contributed by atoms with Crippen molar-refractivity contribution in [2.24, 2.45) is 0 Å². The average Bonchev–Trinajstić information content (AvgIpc) is 3.47. The van der Waals surface area contributed by atoms with E-state index in [-0.39, 0.29) is 22.4 Å². The molecule has 0 fully saturated rings. The SMILES string of the molecule is Cc1cccc(-c2nn(-c3nc(-c4ccco4)cc(C(F)(F)F)n3)c(-c3cccc(C)c3)c2Cl)c1. The third-order valence-corrected chi connectivity index (χ3v) is 5.74. The summed E-state index contributed by atoms with van der Waals surface area (Å²) in [6.45, 7) is 3.84. The Labute approximate surface area is 203 Å². The van der Waals surface area contributed by atoms with E-state index >= 15 is 0 Å². The molecule has 0 N–H and O–H groups in total. The van der Waals surface area contributed by atoms with Crippen LogP contribution >= 0.6 is 11.6 Å². The molecule has 35 heavy (non-hydrogen) atoms. The van der Waals surface area contributed by atoms with Gasteiger partial charge in [-0.2, -0.15) is 23.0 Å². The Morgan fingerprint density at radius 1 is 0.857 bits per heavy atom. The maximum absolute atomic E-state index is 13.8.